The lowest BCUT2D eigenvalue weighted by Gasteiger charge is -2.48. The number of carbonyl (C=O) groups is 1. The van der Waals surface area contributed by atoms with Gasteiger partial charge in [0.15, 0.2) is 0 Å². The number of carbonyl (C=O) groups excluding carboxylic acids is 1. The predicted octanol–water partition coefficient (Wildman–Crippen LogP) is 5.08. The molecular formula is C24H26ClNO4S. The average Bonchev–Trinajstić information content (AvgIpc) is 2.74. The molecule has 31 heavy (non-hydrogen) atoms. The zero-order chi connectivity index (χ0) is 22.8. The van der Waals surface area contributed by atoms with Crippen LogP contribution in [-0.4, -0.2) is 32.3 Å². The van der Waals surface area contributed by atoms with Gasteiger partial charge in [-0.05, 0) is 49.6 Å². The number of hydrogen-bond donors (Lipinski definition) is 0. The van der Waals surface area contributed by atoms with E-state index in [-0.39, 0.29) is 17.9 Å². The van der Waals surface area contributed by atoms with E-state index in [1.807, 2.05) is 6.92 Å². The maximum Gasteiger partial charge on any atom is 0.314 e. The zero-order valence-electron chi connectivity index (χ0n) is 17.7. The summed E-state index contributed by atoms with van der Waals surface area (Å²) >= 11 is 6.08. The number of nitrogens with zero attached hydrogens (tertiary/aromatic N) is 1. The Hall–Kier alpha value is -2.41. The molecule has 0 aliphatic carbocycles. The summed E-state index contributed by atoms with van der Waals surface area (Å²) in [5.41, 5.74) is 1.04. The molecule has 1 heterocycles. The first kappa shape index (κ1) is 23.3. The Bertz CT molecular complexity index is 1090. The summed E-state index contributed by atoms with van der Waals surface area (Å²) in [6, 6.07) is 12.7. The van der Waals surface area contributed by atoms with E-state index in [0.717, 1.165) is 5.56 Å². The molecule has 2 aromatic rings. The number of esters is 1. The number of halogens is 1. The molecule has 2 atom stereocenters. The van der Waals surface area contributed by atoms with Crippen LogP contribution >= 0.6 is 11.6 Å². The second kappa shape index (κ2) is 8.99. The molecule has 0 spiro atoms. The second-order valence-corrected chi connectivity index (χ2v) is 10.2. The van der Waals surface area contributed by atoms with E-state index in [4.69, 9.17) is 16.3 Å². The van der Waals surface area contributed by atoms with Gasteiger partial charge >= 0.3 is 5.97 Å². The molecule has 7 heteroatoms. The fourth-order valence-corrected chi connectivity index (χ4v) is 6.13. The maximum absolute atomic E-state index is 13.8. The number of aryl methyl sites for hydroxylation is 1. The quantitative estimate of drug-likeness (QED) is 0.446. The minimum Gasteiger partial charge on any atom is -0.469 e. The SMILES string of the molecule is C=CC[C@@]1(C(=O)OC)CC(=C)CN(S(=O)(=O)c2ccc(C)cc2)[C@@H]1c1ccc(Cl)cc1. The predicted molar refractivity (Wildman–Crippen MR) is 122 cm³/mol. The molecule has 5 nitrogen and oxygen atoms in total. The molecule has 0 aromatic heterocycles. The largest absolute Gasteiger partial charge is 0.469 e. The minimum atomic E-state index is -3.95. The summed E-state index contributed by atoms with van der Waals surface area (Å²) in [7, 11) is -2.64. The lowest BCUT2D eigenvalue weighted by atomic mass is 9.68. The lowest BCUT2D eigenvalue weighted by molar-refractivity contribution is -0.157. The molecule has 1 aliphatic heterocycles. The number of ether oxygens (including phenoxy) is 1. The topological polar surface area (TPSA) is 63.7 Å². The lowest BCUT2D eigenvalue weighted by Crippen LogP contribution is -2.53. The van der Waals surface area contributed by atoms with Gasteiger partial charge < -0.3 is 4.74 Å². The Labute approximate surface area is 189 Å². The summed E-state index contributed by atoms with van der Waals surface area (Å²) in [6.07, 6.45) is 2.14. The van der Waals surface area contributed by atoms with E-state index in [1.165, 1.54) is 11.4 Å². The van der Waals surface area contributed by atoms with Crippen molar-refractivity contribution in [1.82, 2.24) is 4.31 Å². The fourth-order valence-electron chi connectivity index (χ4n) is 4.30. The highest BCUT2D eigenvalue weighted by Gasteiger charge is 2.55. The van der Waals surface area contributed by atoms with Crippen LogP contribution in [0.4, 0.5) is 0 Å². The molecule has 0 saturated carbocycles. The van der Waals surface area contributed by atoms with Crippen molar-refractivity contribution >= 4 is 27.6 Å². The van der Waals surface area contributed by atoms with Crippen molar-refractivity contribution in [3.05, 3.63) is 89.5 Å². The Balaban J connectivity index is 2.27. The van der Waals surface area contributed by atoms with Gasteiger partial charge in [0.1, 0.15) is 0 Å². The summed E-state index contributed by atoms with van der Waals surface area (Å²) in [5.74, 6) is -0.502. The third-order valence-electron chi connectivity index (χ3n) is 5.67. The van der Waals surface area contributed by atoms with Crippen LogP contribution in [0.15, 0.2) is 78.2 Å². The number of sulfonamides is 1. The van der Waals surface area contributed by atoms with Crippen molar-refractivity contribution in [1.29, 1.82) is 0 Å². The molecule has 1 fully saturated rings. The van der Waals surface area contributed by atoms with E-state index in [2.05, 4.69) is 13.2 Å². The van der Waals surface area contributed by atoms with Crippen molar-refractivity contribution in [3.8, 4) is 0 Å². The molecule has 1 aliphatic rings. The van der Waals surface area contributed by atoms with Crippen LogP contribution in [0.5, 0.6) is 0 Å². The van der Waals surface area contributed by atoms with E-state index < -0.39 is 27.4 Å². The van der Waals surface area contributed by atoms with Gasteiger partial charge in [-0.1, -0.05) is 59.7 Å². The fraction of sp³-hybridized carbons (Fsp3) is 0.292. The van der Waals surface area contributed by atoms with Gasteiger partial charge in [0.25, 0.3) is 0 Å². The summed E-state index contributed by atoms with van der Waals surface area (Å²) in [6.45, 7) is 9.85. The van der Waals surface area contributed by atoms with E-state index in [1.54, 1.807) is 54.6 Å². The molecule has 0 N–H and O–H groups in total. The van der Waals surface area contributed by atoms with Crippen molar-refractivity contribution in [2.45, 2.75) is 30.7 Å². The first-order valence-corrected chi connectivity index (χ1v) is 11.7. The highest BCUT2D eigenvalue weighted by molar-refractivity contribution is 7.89. The van der Waals surface area contributed by atoms with Gasteiger partial charge in [-0.3, -0.25) is 4.79 Å². The Morgan fingerprint density at radius 1 is 1.23 bits per heavy atom. The van der Waals surface area contributed by atoms with E-state index in [9.17, 15) is 13.2 Å². The Morgan fingerprint density at radius 2 is 1.84 bits per heavy atom. The van der Waals surface area contributed by atoms with Crippen LogP contribution in [0.3, 0.4) is 0 Å². The number of hydrogen-bond acceptors (Lipinski definition) is 4. The summed E-state index contributed by atoms with van der Waals surface area (Å²) in [5, 5.41) is 0.518. The maximum atomic E-state index is 13.8. The van der Waals surface area contributed by atoms with Crippen LogP contribution in [0.2, 0.25) is 5.02 Å². The van der Waals surface area contributed by atoms with Crippen LogP contribution < -0.4 is 0 Å². The minimum absolute atomic E-state index is 0.0966. The molecule has 0 unspecified atom stereocenters. The molecule has 1 saturated heterocycles. The Kier molecular flexibility index (Phi) is 6.74. The monoisotopic (exact) mass is 459 g/mol. The van der Waals surface area contributed by atoms with Crippen molar-refractivity contribution < 1.29 is 17.9 Å². The van der Waals surface area contributed by atoms with E-state index >= 15 is 0 Å². The molecule has 0 amide bonds. The normalized spacial score (nSPS) is 22.2. The third-order valence-corrected chi connectivity index (χ3v) is 7.75. The number of piperidine rings is 1. The first-order chi connectivity index (χ1) is 14.7. The van der Waals surface area contributed by atoms with E-state index in [0.29, 0.717) is 22.6 Å². The Morgan fingerprint density at radius 3 is 2.39 bits per heavy atom. The molecule has 2 aromatic carbocycles. The van der Waals surface area contributed by atoms with Gasteiger partial charge in [-0.15, -0.1) is 6.58 Å². The summed E-state index contributed by atoms with van der Waals surface area (Å²) < 4.78 is 34.1. The summed E-state index contributed by atoms with van der Waals surface area (Å²) in [4.78, 5) is 13.3. The third kappa shape index (κ3) is 4.33. The average molecular weight is 460 g/mol. The van der Waals surface area contributed by atoms with Crippen LogP contribution in [0, 0.1) is 12.3 Å². The zero-order valence-corrected chi connectivity index (χ0v) is 19.2. The van der Waals surface area contributed by atoms with Gasteiger partial charge in [0.2, 0.25) is 10.0 Å². The highest BCUT2D eigenvalue weighted by atomic mass is 35.5. The number of rotatable bonds is 6. The van der Waals surface area contributed by atoms with Gasteiger partial charge in [-0.2, -0.15) is 4.31 Å². The highest BCUT2D eigenvalue weighted by Crippen LogP contribution is 2.52. The number of benzene rings is 2. The van der Waals surface area contributed by atoms with Crippen LogP contribution in [0.25, 0.3) is 0 Å². The first-order valence-electron chi connectivity index (χ1n) is 9.85. The van der Waals surface area contributed by atoms with Crippen molar-refractivity contribution in [2.24, 2.45) is 5.41 Å². The molecule has 0 bridgehead atoms. The molecule has 0 radical (unpaired) electrons. The molecule has 164 valence electrons. The van der Waals surface area contributed by atoms with Crippen molar-refractivity contribution in [3.63, 3.8) is 0 Å². The van der Waals surface area contributed by atoms with Crippen LogP contribution in [-0.2, 0) is 19.6 Å². The van der Waals surface area contributed by atoms with Crippen molar-refractivity contribution in [2.75, 3.05) is 13.7 Å². The molecule has 3 rings (SSSR count). The van der Waals surface area contributed by atoms with Crippen LogP contribution in [0.1, 0.15) is 30.0 Å². The van der Waals surface area contributed by atoms with Gasteiger partial charge in [0.05, 0.1) is 23.5 Å². The molecular weight excluding hydrogens is 434 g/mol. The van der Waals surface area contributed by atoms with Gasteiger partial charge in [-0.25, -0.2) is 8.42 Å². The number of methoxy groups -OCH3 is 1. The second-order valence-electron chi connectivity index (χ2n) is 7.88. The van der Waals surface area contributed by atoms with Gasteiger partial charge in [0, 0.05) is 11.6 Å². The smallest absolute Gasteiger partial charge is 0.314 e. The standard InChI is InChI=1S/C24H26ClNO4S/c1-5-14-24(23(27)30-4)15-18(3)16-26(22(24)19-8-10-20(25)11-9-19)31(28,29)21-12-6-17(2)7-13-21/h5-13,22H,1,3,14-16H2,2,4H3/t22-,24-/m1/s1. The number of allylic oxidation sites excluding steroid dienone is 1.